The van der Waals surface area contributed by atoms with Crippen LogP contribution in [0.3, 0.4) is 0 Å². The average molecular weight is 321 g/mol. The van der Waals surface area contributed by atoms with Gasteiger partial charge in [0, 0.05) is 25.0 Å². The molecule has 1 heterocycles. The van der Waals surface area contributed by atoms with Crippen molar-refractivity contribution in [3.05, 3.63) is 33.8 Å². The third-order valence-electron chi connectivity index (χ3n) is 3.28. The van der Waals surface area contributed by atoms with Crippen LogP contribution in [0.5, 0.6) is 0 Å². The summed E-state index contributed by atoms with van der Waals surface area (Å²) in [5.74, 6) is -1.26. The predicted octanol–water partition coefficient (Wildman–Crippen LogP) is 3.20. The molecule has 1 aliphatic rings. The maximum atomic E-state index is 13.9. The number of benzene rings is 1. The highest BCUT2D eigenvalue weighted by atomic mass is 79.9. The summed E-state index contributed by atoms with van der Waals surface area (Å²) in [6.45, 7) is 2.26. The van der Waals surface area contributed by atoms with E-state index in [-0.39, 0.29) is 22.6 Å². The lowest BCUT2D eigenvalue weighted by atomic mass is 9.84. The fourth-order valence-electron chi connectivity index (χ4n) is 2.37. The molecule has 0 amide bonds. The van der Waals surface area contributed by atoms with Crippen LogP contribution in [-0.2, 0) is 11.2 Å². The molecule has 1 fully saturated rings. The van der Waals surface area contributed by atoms with Crippen molar-refractivity contribution in [3.8, 4) is 0 Å². The highest BCUT2D eigenvalue weighted by Gasteiger charge is 2.35. The third kappa shape index (κ3) is 2.90. The van der Waals surface area contributed by atoms with Crippen LogP contribution in [-0.4, -0.2) is 23.4 Å². The Hall–Kier alpha value is -0.520. The molecular formula is C13H15BrF2O2. The van der Waals surface area contributed by atoms with Crippen molar-refractivity contribution in [1.29, 1.82) is 0 Å². The number of hydrogen-bond donors (Lipinski definition) is 1. The Morgan fingerprint density at radius 1 is 1.50 bits per heavy atom. The lowest BCUT2D eigenvalue weighted by Crippen LogP contribution is -2.42. The van der Waals surface area contributed by atoms with Crippen LogP contribution < -0.4 is 0 Å². The highest BCUT2D eigenvalue weighted by molar-refractivity contribution is 9.10. The van der Waals surface area contributed by atoms with E-state index >= 15 is 0 Å². The number of ether oxygens (including phenoxy) is 1. The summed E-state index contributed by atoms with van der Waals surface area (Å²) in [6.07, 6.45) is 0.654. The maximum Gasteiger partial charge on any atom is 0.143 e. The first-order valence-corrected chi connectivity index (χ1v) is 6.67. The second-order valence-corrected chi connectivity index (χ2v) is 5.71. The lowest BCUT2D eigenvalue weighted by molar-refractivity contribution is -0.0967. The summed E-state index contributed by atoms with van der Waals surface area (Å²) in [4.78, 5) is 0. The smallest absolute Gasteiger partial charge is 0.143 e. The normalized spacial score (nSPS) is 28.4. The van der Waals surface area contributed by atoms with Gasteiger partial charge in [-0.3, -0.25) is 0 Å². The number of rotatable bonds is 2. The molecule has 2 atom stereocenters. The number of halogens is 3. The van der Waals surface area contributed by atoms with E-state index in [9.17, 15) is 13.9 Å². The Morgan fingerprint density at radius 2 is 2.22 bits per heavy atom. The zero-order chi connectivity index (χ0) is 13.3. The molecule has 1 N–H and O–H groups in total. The van der Waals surface area contributed by atoms with E-state index in [0.29, 0.717) is 19.4 Å². The summed E-state index contributed by atoms with van der Waals surface area (Å²) < 4.78 is 33.1. The first-order chi connectivity index (χ1) is 8.41. The van der Waals surface area contributed by atoms with Crippen molar-refractivity contribution >= 4 is 15.9 Å². The van der Waals surface area contributed by atoms with Gasteiger partial charge in [0.05, 0.1) is 16.2 Å². The van der Waals surface area contributed by atoms with Crippen molar-refractivity contribution in [2.45, 2.75) is 37.9 Å². The van der Waals surface area contributed by atoms with Gasteiger partial charge in [0.25, 0.3) is 0 Å². The van der Waals surface area contributed by atoms with Crippen molar-refractivity contribution in [2.24, 2.45) is 0 Å². The molecule has 0 aliphatic carbocycles. The topological polar surface area (TPSA) is 29.5 Å². The first-order valence-electron chi connectivity index (χ1n) is 5.88. The van der Waals surface area contributed by atoms with E-state index in [1.54, 1.807) is 0 Å². The van der Waals surface area contributed by atoms with Gasteiger partial charge in [-0.25, -0.2) is 8.78 Å². The van der Waals surface area contributed by atoms with Gasteiger partial charge in [0.15, 0.2) is 0 Å². The average Bonchev–Trinajstić information content (AvgIpc) is 2.29. The number of aliphatic hydroxyl groups is 1. The SMILES string of the molecule is CC1CC(O)(Cc2c(F)ccc(Br)c2F)CCO1. The molecule has 1 aromatic rings. The Labute approximate surface area is 113 Å². The van der Waals surface area contributed by atoms with Gasteiger partial charge in [-0.15, -0.1) is 0 Å². The molecule has 0 aromatic heterocycles. The molecule has 0 radical (unpaired) electrons. The van der Waals surface area contributed by atoms with Crippen molar-refractivity contribution in [3.63, 3.8) is 0 Å². The maximum absolute atomic E-state index is 13.9. The molecule has 1 saturated heterocycles. The monoisotopic (exact) mass is 320 g/mol. The van der Waals surface area contributed by atoms with Crippen molar-refractivity contribution < 1.29 is 18.6 Å². The molecule has 100 valence electrons. The minimum Gasteiger partial charge on any atom is -0.389 e. The van der Waals surface area contributed by atoms with Crippen LogP contribution in [0, 0.1) is 11.6 Å². The first kappa shape index (κ1) is 13.9. The molecule has 2 unspecified atom stereocenters. The van der Waals surface area contributed by atoms with Gasteiger partial charge in [0.1, 0.15) is 11.6 Å². The van der Waals surface area contributed by atoms with Crippen molar-refractivity contribution in [1.82, 2.24) is 0 Å². The van der Waals surface area contributed by atoms with Gasteiger partial charge in [-0.2, -0.15) is 0 Å². The molecule has 0 bridgehead atoms. The van der Waals surface area contributed by atoms with Gasteiger partial charge in [-0.1, -0.05) is 0 Å². The van der Waals surface area contributed by atoms with Crippen LogP contribution in [0.4, 0.5) is 8.78 Å². The van der Waals surface area contributed by atoms with Crippen LogP contribution in [0.25, 0.3) is 0 Å². The third-order valence-corrected chi connectivity index (χ3v) is 3.89. The molecule has 5 heteroatoms. The summed E-state index contributed by atoms with van der Waals surface area (Å²) in [5.41, 5.74) is -1.17. The van der Waals surface area contributed by atoms with Crippen LogP contribution in [0.15, 0.2) is 16.6 Å². The summed E-state index contributed by atoms with van der Waals surface area (Å²) >= 11 is 3.03. The second kappa shape index (κ2) is 5.23. The van der Waals surface area contributed by atoms with E-state index in [1.807, 2.05) is 6.92 Å². The molecule has 18 heavy (non-hydrogen) atoms. The zero-order valence-corrected chi connectivity index (χ0v) is 11.6. The zero-order valence-electron chi connectivity index (χ0n) is 10.0. The van der Waals surface area contributed by atoms with E-state index in [4.69, 9.17) is 4.74 Å². The Kier molecular flexibility index (Phi) is 4.04. The van der Waals surface area contributed by atoms with Crippen LogP contribution in [0.1, 0.15) is 25.3 Å². The molecule has 1 aromatic carbocycles. The highest BCUT2D eigenvalue weighted by Crippen LogP contribution is 2.31. The van der Waals surface area contributed by atoms with Crippen LogP contribution in [0.2, 0.25) is 0 Å². The molecular weight excluding hydrogens is 306 g/mol. The quantitative estimate of drug-likeness (QED) is 0.848. The molecule has 2 rings (SSSR count). The van der Waals surface area contributed by atoms with Gasteiger partial charge < -0.3 is 9.84 Å². The fourth-order valence-corrected chi connectivity index (χ4v) is 2.74. The predicted molar refractivity (Wildman–Crippen MR) is 67.4 cm³/mol. The standard InChI is InChI=1S/C13H15BrF2O2/c1-8-6-13(17,4-5-18-8)7-9-11(15)3-2-10(14)12(9)16/h2-3,8,17H,4-7H2,1H3. The van der Waals surface area contributed by atoms with E-state index < -0.39 is 17.2 Å². The molecule has 2 nitrogen and oxygen atoms in total. The minimum absolute atomic E-state index is 0.0300. The van der Waals surface area contributed by atoms with Gasteiger partial charge >= 0.3 is 0 Å². The summed E-state index contributed by atoms with van der Waals surface area (Å²) in [5, 5.41) is 10.4. The Balaban J connectivity index is 2.25. The van der Waals surface area contributed by atoms with E-state index in [0.717, 1.165) is 0 Å². The van der Waals surface area contributed by atoms with Crippen molar-refractivity contribution in [2.75, 3.05) is 6.61 Å². The Morgan fingerprint density at radius 3 is 2.89 bits per heavy atom. The largest absolute Gasteiger partial charge is 0.389 e. The molecule has 0 saturated carbocycles. The lowest BCUT2D eigenvalue weighted by Gasteiger charge is -2.35. The fraction of sp³-hybridized carbons (Fsp3) is 0.538. The Bertz CT molecular complexity index is 453. The summed E-state index contributed by atoms with van der Waals surface area (Å²) in [6, 6.07) is 2.53. The molecule has 0 spiro atoms. The summed E-state index contributed by atoms with van der Waals surface area (Å²) in [7, 11) is 0. The molecule has 1 aliphatic heterocycles. The van der Waals surface area contributed by atoms with E-state index in [2.05, 4.69) is 15.9 Å². The van der Waals surface area contributed by atoms with Gasteiger partial charge in [-0.05, 0) is 41.4 Å². The van der Waals surface area contributed by atoms with Crippen LogP contribution >= 0.6 is 15.9 Å². The number of hydrogen-bond acceptors (Lipinski definition) is 2. The minimum atomic E-state index is -1.10. The van der Waals surface area contributed by atoms with Gasteiger partial charge in [0.2, 0.25) is 0 Å². The van der Waals surface area contributed by atoms with E-state index in [1.165, 1.54) is 12.1 Å². The second-order valence-electron chi connectivity index (χ2n) is 4.86.